The third-order valence-electron chi connectivity index (χ3n) is 3.79. The lowest BCUT2D eigenvalue weighted by Gasteiger charge is -2.32. The fourth-order valence-corrected chi connectivity index (χ4v) is 2.89. The molecule has 1 aliphatic rings. The zero-order chi connectivity index (χ0) is 11.5. The molecule has 0 radical (unpaired) electrons. The lowest BCUT2D eigenvalue weighted by Crippen LogP contribution is -2.35. The second kappa shape index (κ2) is 5.54. The summed E-state index contributed by atoms with van der Waals surface area (Å²) in [6, 6.07) is 4.75. The summed E-state index contributed by atoms with van der Waals surface area (Å²) in [4.78, 5) is 0. The third kappa shape index (κ3) is 3.23. The standard InChI is InChI=1S/C13H20INO/c1-9-3-4-11(7-10(9)2)15-8-12-5-6-13(14)16-12/h5-6,9-11,15H,3-4,7-8H2,1-2H3. The number of furan rings is 1. The van der Waals surface area contributed by atoms with E-state index in [1.54, 1.807) is 0 Å². The lowest BCUT2D eigenvalue weighted by molar-refractivity contribution is 0.222. The minimum absolute atomic E-state index is 0.675. The summed E-state index contributed by atoms with van der Waals surface area (Å²) in [5.74, 6) is 2.79. The first-order chi connectivity index (χ1) is 7.65. The molecule has 1 aromatic rings. The molecule has 1 fully saturated rings. The molecule has 0 aliphatic heterocycles. The van der Waals surface area contributed by atoms with Gasteiger partial charge < -0.3 is 9.73 Å². The molecule has 3 heteroatoms. The van der Waals surface area contributed by atoms with Crippen LogP contribution >= 0.6 is 22.6 Å². The van der Waals surface area contributed by atoms with Gasteiger partial charge in [0.2, 0.25) is 0 Å². The predicted molar refractivity (Wildman–Crippen MR) is 74.2 cm³/mol. The molecule has 16 heavy (non-hydrogen) atoms. The van der Waals surface area contributed by atoms with Crippen LogP contribution in [0.4, 0.5) is 0 Å². The Morgan fingerprint density at radius 2 is 2.12 bits per heavy atom. The van der Waals surface area contributed by atoms with Crippen LogP contribution in [0.3, 0.4) is 0 Å². The van der Waals surface area contributed by atoms with Gasteiger partial charge in [-0.05, 0) is 65.8 Å². The lowest BCUT2D eigenvalue weighted by atomic mass is 9.79. The summed E-state index contributed by atoms with van der Waals surface area (Å²) >= 11 is 2.21. The Morgan fingerprint density at radius 1 is 1.31 bits per heavy atom. The first-order valence-electron chi connectivity index (χ1n) is 6.12. The molecular formula is C13H20INO. The maximum atomic E-state index is 5.55. The van der Waals surface area contributed by atoms with Crippen LogP contribution in [0.2, 0.25) is 0 Å². The van der Waals surface area contributed by atoms with Gasteiger partial charge in [-0.25, -0.2) is 0 Å². The molecule has 0 bridgehead atoms. The van der Waals surface area contributed by atoms with Crippen molar-refractivity contribution in [2.75, 3.05) is 0 Å². The van der Waals surface area contributed by atoms with Crippen molar-refractivity contribution in [1.29, 1.82) is 0 Å². The largest absolute Gasteiger partial charge is 0.454 e. The smallest absolute Gasteiger partial charge is 0.164 e. The highest BCUT2D eigenvalue weighted by Crippen LogP contribution is 2.29. The van der Waals surface area contributed by atoms with Crippen LogP contribution in [0.15, 0.2) is 16.5 Å². The van der Waals surface area contributed by atoms with Gasteiger partial charge >= 0.3 is 0 Å². The molecule has 0 spiro atoms. The van der Waals surface area contributed by atoms with E-state index in [9.17, 15) is 0 Å². The summed E-state index contributed by atoms with van der Waals surface area (Å²) in [5, 5.41) is 3.61. The van der Waals surface area contributed by atoms with E-state index in [1.807, 2.05) is 6.07 Å². The minimum atomic E-state index is 0.675. The van der Waals surface area contributed by atoms with Crippen molar-refractivity contribution in [1.82, 2.24) is 5.32 Å². The van der Waals surface area contributed by atoms with Crippen molar-refractivity contribution in [3.63, 3.8) is 0 Å². The van der Waals surface area contributed by atoms with E-state index in [2.05, 4.69) is 47.8 Å². The van der Waals surface area contributed by atoms with Crippen LogP contribution in [-0.2, 0) is 6.54 Å². The zero-order valence-electron chi connectivity index (χ0n) is 10.0. The highest BCUT2D eigenvalue weighted by Gasteiger charge is 2.24. The molecule has 0 saturated heterocycles. The molecule has 1 aliphatic carbocycles. The number of rotatable bonds is 3. The number of hydrogen-bond acceptors (Lipinski definition) is 2. The van der Waals surface area contributed by atoms with Crippen molar-refractivity contribution in [2.45, 2.75) is 45.7 Å². The molecular weight excluding hydrogens is 313 g/mol. The quantitative estimate of drug-likeness (QED) is 0.852. The molecule has 1 saturated carbocycles. The van der Waals surface area contributed by atoms with E-state index in [1.165, 1.54) is 19.3 Å². The SMILES string of the molecule is CC1CCC(NCc2ccc(I)o2)CC1C. The number of nitrogens with one attached hydrogen (secondary N) is 1. The zero-order valence-corrected chi connectivity index (χ0v) is 12.2. The van der Waals surface area contributed by atoms with Gasteiger partial charge in [0.05, 0.1) is 6.54 Å². The van der Waals surface area contributed by atoms with Crippen molar-refractivity contribution in [2.24, 2.45) is 11.8 Å². The topological polar surface area (TPSA) is 25.2 Å². The van der Waals surface area contributed by atoms with E-state index in [-0.39, 0.29) is 0 Å². The third-order valence-corrected chi connectivity index (χ3v) is 4.37. The molecule has 1 aromatic heterocycles. The second-order valence-electron chi connectivity index (χ2n) is 5.05. The van der Waals surface area contributed by atoms with E-state index in [0.717, 1.165) is 27.9 Å². The van der Waals surface area contributed by atoms with Crippen LogP contribution in [0.5, 0.6) is 0 Å². The van der Waals surface area contributed by atoms with Crippen molar-refractivity contribution >= 4 is 22.6 Å². The molecule has 0 aromatic carbocycles. The normalized spacial score (nSPS) is 30.6. The number of halogens is 1. The van der Waals surface area contributed by atoms with Crippen LogP contribution in [0, 0.1) is 15.6 Å². The first-order valence-corrected chi connectivity index (χ1v) is 7.20. The molecule has 0 amide bonds. The molecule has 90 valence electrons. The Labute approximate surface area is 111 Å². The summed E-state index contributed by atoms with van der Waals surface area (Å²) < 4.78 is 6.52. The molecule has 2 nitrogen and oxygen atoms in total. The van der Waals surface area contributed by atoms with Crippen LogP contribution < -0.4 is 5.32 Å². The summed E-state index contributed by atoms with van der Waals surface area (Å²) in [6.07, 6.45) is 3.97. The highest BCUT2D eigenvalue weighted by atomic mass is 127. The van der Waals surface area contributed by atoms with Gasteiger partial charge in [0.1, 0.15) is 5.76 Å². The fourth-order valence-electron chi connectivity index (χ4n) is 2.42. The van der Waals surface area contributed by atoms with Crippen molar-refractivity contribution < 1.29 is 4.42 Å². The molecule has 3 atom stereocenters. The van der Waals surface area contributed by atoms with Crippen LogP contribution in [0.1, 0.15) is 38.9 Å². The Kier molecular flexibility index (Phi) is 4.30. The highest BCUT2D eigenvalue weighted by molar-refractivity contribution is 14.1. The molecule has 1 heterocycles. The molecule has 2 rings (SSSR count). The first kappa shape index (κ1) is 12.4. The van der Waals surface area contributed by atoms with E-state index < -0.39 is 0 Å². The Bertz CT molecular complexity index is 336. The van der Waals surface area contributed by atoms with Gasteiger partial charge in [-0.3, -0.25) is 0 Å². The van der Waals surface area contributed by atoms with E-state index >= 15 is 0 Å². The van der Waals surface area contributed by atoms with Gasteiger partial charge in [0, 0.05) is 6.04 Å². The van der Waals surface area contributed by atoms with Gasteiger partial charge in [0.15, 0.2) is 3.77 Å². The van der Waals surface area contributed by atoms with Gasteiger partial charge in [-0.1, -0.05) is 13.8 Å². The maximum Gasteiger partial charge on any atom is 0.164 e. The monoisotopic (exact) mass is 333 g/mol. The van der Waals surface area contributed by atoms with Gasteiger partial charge in [-0.2, -0.15) is 0 Å². The van der Waals surface area contributed by atoms with Crippen molar-refractivity contribution in [3.8, 4) is 0 Å². The molecule has 3 unspecified atom stereocenters. The Balaban J connectivity index is 1.78. The van der Waals surface area contributed by atoms with E-state index in [0.29, 0.717) is 6.04 Å². The summed E-state index contributed by atoms with van der Waals surface area (Å²) in [7, 11) is 0. The van der Waals surface area contributed by atoms with E-state index in [4.69, 9.17) is 4.42 Å². The fraction of sp³-hybridized carbons (Fsp3) is 0.692. The van der Waals surface area contributed by atoms with Gasteiger partial charge in [0.25, 0.3) is 0 Å². The second-order valence-corrected chi connectivity index (χ2v) is 6.11. The van der Waals surface area contributed by atoms with Gasteiger partial charge in [-0.15, -0.1) is 0 Å². The summed E-state index contributed by atoms with van der Waals surface area (Å²) in [6.45, 7) is 5.61. The minimum Gasteiger partial charge on any atom is -0.454 e. The van der Waals surface area contributed by atoms with Crippen LogP contribution in [0.25, 0.3) is 0 Å². The molecule has 1 N–H and O–H groups in total. The maximum absolute atomic E-state index is 5.55. The van der Waals surface area contributed by atoms with Crippen LogP contribution in [-0.4, -0.2) is 6.04 Å². The predicted octanol–water partition coefficient (Wildman–Crippen LogP) is 3.80. The average molecular weight is 333 g/mol. The average Bonchev–Trinajstić information content (AvgIpc) is 2.66. The number of hydrogen-bond donors (Lipinski definition) is 1. The Morgan fingerprint density at radius 3 is 2.75 bits per heavy atom. The summed E-state index contributed by atoms with van der Waals surface area (Å²) in [5.41, 5.74) is 0. The van der Waals surface area contributed by atoms with Crippen molar-refractivity contribution in [3.05, 3.63) is 21.7 Å². The Hall–Kier alpha value is -0.0300.